The monoisotopic (exact) mass is 324 g/mol. The van der Waals surface area contributed by atoms with Gasteiger partial charge in [0.05, 0.1) is 16.5 Å². The predicted molar refractivity (Wildman–Crippen MR) is 82.9 cm³/mol. The van der Waals surface area contributed by atoms with Crippen molar-refractivity contribution in [1.29, 1.82) is 0 Å². The number of hydrogen-bond donors (Lipinski definition) is 2. The molecule has 2 aliphatic rings. The zero-order valence-corrected chi connectivity index (χ0v) is 13.1. The molecule has 0 bridgehead atoms. The van der Waals surface area contributed by atoms with E-state index < -0.39 is 15.9 Å². The van der Waals surface area contributed by atoms with E-state index in [9.17, 15) is 13.2 Å². The fourth-order valence-electron chi connectivity index (χ4n) is 2.77. The second kappa shape index (κ2) is 5.85. The van der Waals surface area contributed by atoms with Crippen LogP contribution in [-0.2, 0) is 10.0 Å². The van der Waals surface area contributed by atoms with Gasteiger partial charge in [-0.05, 0) is 31.7 Å². The van der Waals surface area contributed by atoms with Crippen LogP contribution in [0.25, 0.3) is 0 Å². The molecule has 0 aromatic carbocycles. The molecule has 22 heavy (non-hydrogen) atoms. The van der Waals surface area contributed by atoms with Gasteiger partial charge in [0.1, 0.15) is 0 Å². The average Bonchev–Trinajstić information content (AvgIpc) is 3.33. The van der Waals surface area contributed by atoms with Crippen molar-refractivity contribution in [1.82, 2.24) is 9.29 Å². The summed E-state index contributed by atoms with van der Waals surface area (Å²) in [5.74, 6) is -0.524. The molecule has 3 N–H and O–H groups in total. The second-order valence-electron chi connectivity index (χ2n) is 5.85. The summed E-state index contributed by atoms with van der Waals surface area (Å²) in [5, 5.41) is 3.13. The highest BCUT2D eigenvalue weighted by atomic mass is 32.2. The first-order valence-electron chi connectivity index (χ1n) is 7.48. The molecule has 1 saturated heterocycles. The number of nitrogens with zero attached hydrogens (tertiary/aromatic N) is 2. The maximum absolute atomic E-state index is 12.2. The zero-order chi connectivity index (χ0) is 15.7. The molecule has 0 atom stereocenters. The molecule has 120 valence electrons. The Kier molecular flexibility index (Phi) is 4.05. The highest BCUT2D eigenvalue weighted by Gasteiger charge is 2.41. The number of nitrogens with two attached hydrogens (primary N) is 1. The van der Waals surface area contributed by atoms with Gasteiger partial charge in [0.25, 0.3) is 5.91 Å². The lowest BCUT2D eigenvalue weighted by atomic mass is 10.1. The fourth-order valence-corrected chi connectivity index (χ4v) is 4.64. The van der Waals surface area contributed by atoms with Crippen LogP contribution in [0.15, 0.2) is 18.5 Å². The minimum Gasteiger partial charge on any atom is -0.381 e. The number of aromatic nitrogens is 1. The van der Waals surface area contributed by atoms with E-state index in [1.54, 1.807) is 16.6 Å². The number of amides is 1. The third kappa shape index (κ3) is 3.07. The SMILES string of the molecule is NC(=O)c1cnccc1NC1CCN(S(=O)(=O)C2CC2)CC1. The summed E-state index contributed by atoms with van der Waals surface area (Å²) < 4.78 is 26.0. The van der Waals surface area contributed by atoms with E-state index in [4.69, 9.17) is 5.73 Å². The smallest absolute Gasteiger partial charge is 0.252 e. The third-order valence-electron chi connectivity index (χ3n) is 4.21. The maximum Gasteiger partial charge on any atom is 0.252 e. The number of carbonyl (C=O) groups is 1. The minimum atomic E-state index is -3.09. The van der Waals surface area contributed by atoms with Crippen LogP contribution in [0.4, 0.5) is 5.69 Å². The second-order valence-corrected chi connectivity index (χ2v) is 8.06. The van der Waals surface area contributed by atoms with E-state index in [2.05, 4.69) is 10.3 Å². The predicted octanol–water partition coefficient (Wildman–Crippen LogP) is 0.549. The summed E-state index contributed by atoms with van der Waals surface area (Å²) >= 11 is 0. The first-order valence-corrected chi connectivity index (χ1v) is 8.98. The molecule has 1 aromatic heterocycles. The Balaban J connectivity index is 1.62. The van der Waals surface area contributed by atoms with Gasteiger partial charge in [0, 0.05) is 31.5 Å². The Morgan fingerprint density at radius 3 is 2.55 bits per heavy atom. The Morgan fingerprint density at radius 1 is 1.27 bits per heavy atom. The van der Waals surface area contributed by atoms with E-state index in [1.807, 2.05) is 0 Å². The lowest BCUT2D eigenvalue weighted by molar-refractivity contribution is 0.100. The normalized spacial score (nSPS) is 20.7. The Hall–Kier alpha value is -1.67. The standard InChI is InChI=1S/C14H20N4O3S/c15-14(19)12-9-16-6-3-13(12)17-10-4-7-18(8-5-10)22(20,21)11-1-2-11/h3,6,9-11H,1-2,4-5,7-8H2,(H2,15,19)(H,16,17). The number of primary amides is 1. The van der Waals surface area contributed by atoms with Gasteiger partial charge in [-0.15, -0.1) is 0 Å². The molecule has 8 heteroatoms. The van der Waals surface area contributed by atoms with Crippen molar-refractivity contribution in [3.63, 3.8) is 0 Å². The molecule has 3 rings (SSSR count). The molecule has 0 unspecified atom stereocenters. The van der Waals surface area contributed by atoms with E-state index in [-0.39, 0.29) is 11.3 Å². The molecule has 0 spiro atoms. The van der Waals surface area contributed by atoms with Gasteiger partial charge in [0.2, 0.25) is 10.0 Å². The van der Waals surface area contributed by atoms with Gasteiger partial charge in [-0.1, -0.05) is 0 Å². The number of carbonyl (C=O) groups excluding carboxylic acids is 1. The molecular weight excluding hydrogens is 304 g/mol. The largest absolute Gasteiger partial charge is 0.381 e. The number of nitrogens with one attached hydrogen (secondary N) is 1. The number of anilines is 1. The number of pyridine rings is 1. The summed E-state index contributed by atoms with van der Waals surface area (Å²) in [6.07, 6.45) is 6.05. The lowest BCUT2D eigenvalue weighted by Crippen LogP contribution is -2.43. The van der Waals surface area contributed by atoms with Crippen LogP contribution >= 0.6 is 0 Å². The quantitative estimate of drug-likeness (QED) is 0.823. The van der Waals surface area contributed by atoms with Crippen LogP contribution in [0.5, 0.6) is 0 Å². The molecule has 1 aromatic rings. The maximum atomic E-state index is 12.2. The number of sulfonamides is 1. The third-order valence-corrected chi connectivity index (χ3v) is 6.60. The van der Waals surface area contributed by atoms with Crippen molar-refractivity contribution in [3.8, 4) is 0 Å². The van der Waals surface area contributed by atoms with Gasteiger partial charge in [-0.3, -0.25) is 9.78 Å². The van der Waals surface area contributed by atoms with Crippen molar-refractivity contribution in [2.24, 2.45) is 5.73 Å². The van der Waals surface area contributed by atoms with Crippen LogP contribution in [0.2, 0.25) is 0 Å². The topological polar surface area (TPSA) is 105 Å². The van der Waals surface area contributed by atoms with Crippen LogP contribution in [-0.4, -0.2) is 48.0 Å². The Morgan fingerprint density at radius 2 is 1.95 bits per heavy atom. The van der Waals surface area contributed by atoms with Gasteiger partial charge in [0.15, 0.2) is 0 Å². The first-order chi connectivity index (χ1) is 10.5. The highest BCUT2D eigenvalue weighted by molar-refractivity contribution is 7.90. The molecule has 0 radical (unpaired) electrons. The lowest BCUT2D eigenvalue weighted by Gasteiger charge is -2.32. The molecule has 7 nitrogen and oxygen atoms in total. The summed E-state index contributed by atoms with van der Waals surface area (Å²) in [5.41, 5.74) is 6.35. The van der Waals surface area contributed by atoms with Gasteiger partial charge in [-0.2, -0.15) is 0 Å². The number of hydrogen-bond acceptors (Lipinski definition) is 5. The molecule has 1 aliphatic heterocycles. The molecule has 1 aliphatic carbocycles. The summed E-state index contributed by atoms with van der Waals surface area (Å²) in [4.78, 5) is 15.3. The fraction of sp³-hybridized carbons (Fsp3) is 0.571. The minimum absolute atomic E-state index is 0.131. The summed E-state index contributed by atoms with van der Waals surface area (Å²) in [6.45, 7) is 1.04. The highest BCUT2D eigenvalue weighted by Crippen LogP contribution is 2.32. The van der Waals surface area contributed by atoms with Crippen molar-refractivity contribution in [2.45, 2.75) is 37.0 Å². The Labute approximate surface area is 129 Å². The van der Waals surface area contributed by atoms with E-state index in [0.29, 0.717) is 37.2 Å². The van der Waals surface area contributed by atoms with Crippen molar-refractivity contribution in [3.05, 3.63) is 24.0 Å². The van der Waals surface area contributed by atoms with Crippen molar-refractivity contribution < 1.29 is 13.2 Å². The molecule has 1 amide bonds. The van der Waals surface area contributed by atoms with Crippen molar-refractivity contribution >= 4 is 21.6 Å². The molecule has 2 heterocycles. The molecule has 1 saturated carbocycles. The zero-order valence-electron chi connectivity index (χ0n) is 12.2. The van der Waals surface area contributed by atoms with Crippen LogP contribution < -0.4 is 11.1 Å². The van der Waals surface area contributed by atoms with E-state index >= 15 is 0 Å². The Bertz CT molecular complexity index is 664. The molecular formula is C14H20N4O3S. The van der Waals surface area contributed by atoms with Crippen LogP contribution in [0.3, 0.4) is 0 Å². The van der Waals surface area contributed by atoms with Crippen molar-refractivity contribution in [2.75, 3.05) is 18.4 Å². The van der Waals surface area contributed by atoms with Crippen LogP contribution in [0, 0.1) is 0 Å². The van der Waals surface area contributed by atoms with Crippen LogP contribution in [0.1, 0.15) is 36.0 Å². The number of piperidine rings is 1. The van der Waals surface area contributed by atoms with Gasteiger partial charge >= 0.3 is 0 Å². The van der Waals surface area contributed by atoms with Gasteiger partial charge in [-0.25, -0.2) is 12.7 Å². The average molecular weight is 324 g/mol. The molecule has 2 fully saturated rings. The van der Waals surface area contributed by atoms with Gasteiger partial charge < -0.3 is 11.1 Å². The summed E-state index contributed by atoms with van der Waals surface area (Å²) in [7, 11) is -3.09. The van der Waals surface area contributed by atoms with E-state index in [1.165, 1.54) is 6.20 Å². The van der Waals surface area contributed by atoms with E-state index in [0.717, 1.165) is 12.8 Å². The number of rotatable bonds is 5. The first kappa shape index (κ1) is 15.2. The summed E-state index contributed by atoms with van der Waals surface area (Å²) in [6, 6.07) is 1.85.